The van der Waals surface area contributed by atoms with E-state index in [1.807, 2.05) is 13.0 Å². The summed E-state index contributed by atoms with van der Waals surface area (Å²) in [7, 11) is -2.32. The van der Waals surface area contributed by atoms with Crippen LogP contribution in [-0.2, 0) is 10.0 Å². The number of para-hydroxylation sites is 1. The minimum Gasteiger partial charge on any atom is -0.494 e. The van der Waals surface area contributed by atoms with Crippen LogP contribution in [0.4, 0.5) is 5.95 Å². The predicted octanol–water partition coefficient (Wildman–Crippen LogP) is 3.29. The predicted molar refractivity (Wildman–Crippen MR) is 135 cm³/mol. The Morgan fingerprint density at radius 1 is 1.09 bits per heavy atom. The molecular formula is C22H33N5O5SSi. The van der Waals surface area contributed by atoms with Gasteiger partial charge in [0.15, 0.2) is 5.76 Å². The van der Waals surface area contributed by atoms with E-state index < -0.39 is 18.1 Å². The van der Waals surface area contributed by atoms with Crippen LogP contribution in [0.5, 0.6) is 11.5 Å². The Morgan fingerprint density at radius 3 is 2.24 bits per heavy atom. The van der Waals surface area contributed by atoms with Gasteiger partial charge in [-0.25, -0.2) is 12.7 Å². The largest absolute Gasteiger partial charge is 0.494 e. The highest BCUT2D eigenvalue weighted by Gasteiger charge is 2.33. The molecule has 1 aromatic carbocycles. The van der Waals surface area contributed by atoms with Crippen molar-refractivity contribution in [3.63, 3.8) is 0 Å². The molecule has 0 aliphatic carbocycles. The molecule has 0 fully saturated rings. The highest BCUT2D eigenvalue weighted by molar-refractivity contribution is 7.92. The van der Waals surface area contributed by atoms with Crippen molar-refractivity contribution in [3.05, 3.63) is 36.1 Å². The minimum absolute atomic E-state index is 0.0118. The summed E-state index contributed by atoms with van der Waals surface area (Å²) in [6.07, 6.45) is 0. The maximum Gasteiger partial charge on any atom is 0.246 e. The number of anilines is 1. The molecule has 0 radical (unpaired) electrons. The molecule has 0 atom stereocenters. The fraction of sp³-hybridized carbons (Fsp3) is 0.455. The van der Waals surface area contributed by atoms with E-state index in [0.717, 1.165) is 6.04 Å². The maximum absolute atomic E-state index is 13.4. The standard InChI is InChI=1S/C22H33N5O5SSi/c1-16-10-11-19(32-16)21-24-25-22(26(13-15-34(4,5)6)33(28,29)14-12-23)27(21)20-17(30-2)8-7-9-18(20)31-3/h7-11H,12-15,23H2,1-6H3. The molecule has 0 saturated heterocycles. The lowest BCUT2D eigenvalue weighted by molar-refractivity contribution is 0.391. The lowest BCUT2D eigenvalue weighted by Gasteiger charge is -2.27. The van der Waals surface area contributed by atoms with Crippen LogP contribution >= 0.6 is 0 Å². The Hall–Kier alpha value is -2.83. The fourth-order valence-corrected chi connectivity index (χ4v) is 5.78. The number of rotatable bonds is 11. The summed E-state index contributed by atoms with van der Waals surface area (Å²) in [5.41, 5.74) is 6.13. The Labute approximate surface area is 201 Å². The van der Waals surface area contributed by atoms with Gasteiger partial charge in [-0.2, -0.15) is 0 Å². The highest BCUT2D eigenvalue weighted by Crippen LogP contribution is 2.39. The molecule has 0 spiro atoms. The van der Waals surface area contributed by atoms with Gasteiger partial charge in [0, 0.05) is 21.2 Å². The second-order valence-electron chi connectivity index (χ2n) is 9.07. The number of aromatic nitrogens is 3. The number of nitrogens with zero attached hydrogens (tertiary/aromatic N) is 4. The zero-order valence-electron chi connectivity index (χ0n) is 20.5. The molecule has 0 aliphatic heterocycles. The maximum atomic E-state index is 13.4. The van der Waals surface area contributed by atoms with Crippen molar-refractivity contribution in [2.75, 3.05) is 37.4 Å². The van der Waals surface area contributed by atoms with Crippen molar-refractivity contribution in [3.8, 4) is 28.8 Å². The first kappa shape index (κ1) is 25.8. The van der Waals surface area contributed by atoms with Crippen LogP contribution in [0.25, 0.3) is 17.3 Å². The summed E-state index contributed by atoms with van der Waals surface area (Å²) in [6.45, 7) is 8.62. The molecule has 3 aromatic rings. The van der Waals surface area contributed by atoms with Gasteiger partial charge in [-0.1, -0.05) is 25.7 Å². The first-order valence-electron chi connectivity index (χ1n) is 11.0. The third-order valence-electron chi connectivity index (χ3n) is 5.23. The Kier molecular flexibility index (Phi) is 7.73. The van der Waals surface area contributed by atoms with Gasteiger partial charge in [0.1, 0.15) is 22.9 Å². The van der Waals surface area contributed by atoms with Crippen LogP contribution in [0, 0.1) is 6.92 Å². The third-order valence-corrected chi connectivity index (χ3v) is 8.72. The summed E-state index contributed by atoms with van der Waals surface area (Å²) >= 11 is 0. The van der Waals surface area contributed by atoms with Crippen molar-refractivity contribution >= 4 is 24.0 Å². The van der Waals surface area contributed by atoms with Crippen molar-refractivity contribution in [1.29, 1.82) is 0 Å². The first-order chi connectivity index (χ1) is 16.0. The van der Waals surface area contributed by atoms with Gasteiger partial charge in [0.05, 0.1) is 20.0 Å². The lowest BCUT2D eigenvalue weighted by atomic mass is 10.2. The van der Waals surface area contributed by atoms with Crippen LogP contribution in [0.3, 0.4) is 0 Å². The number of aryl methyl sites for hydroxylation is 1. The highest BCUT2D eigenvalue weighted by atomic mass is 32.2. The van der Waals surface area contributed by atoms with Crippen LogP contribution in [0.2, 0.25) is 25.7 Å². The van der Waals surface area contributed by atoms with Gasteiger partial charge in [-0.15, -0.1) is 10.2 Å². The first-order valence-corrected chi connectivity index (χ1v) is 16.3. The Morgan fingerprint density at radius 2 is 1.74 bits per heavy atom. The van der Waals surface area contributed by atoms with E-state index in [1.54, 1.807) is 28.8 Å². The van der Waals surface area contributed by atoms with Gasteiger partial charge in [-0.3, -0.25) is 4.57 Å². The molecule has 2 N–H and O–H groups in total. The molecule has 0 saturated carbocycles. The van der Waals surface area contributed by atoms with E-state index in [-0.39, 0.29) is 24.8 Å². The van der Waals surface area contributed by atoms with E-state index >= 15 is 0 Å². The number of hydrogen-bond donors (Lipinski definition) is 1. The molecule has 0 bridgehead atoms. The summed E-state index contributed by atoms with van der Waals surface area (Å²) in [6, 6.07) is 9.61. The summed E-state index contributed by atoms with van der Waals surface area (Å²) < 4.78 is 46.8. The number of benzene rings is 1. The summed E-state index contributed by atoms with van der Waals surface area (Å²) in [4.78, 5) is 0. The normalized spacial score (nSPS) is 12.1. The number of ether oxygens (including phenoxy) is 2. The molecular weight excluding hydrogens is 474 g/mol. The topological polar surface area (TPSA) is 126 Å². The van der Waals surface area contributed by atoms with Crippen molar-refractivity contribution in [2.24, 2.45) is 5.73 Å². The molecule has 3 rings (SSSR count). The van der Waals surface area contributed by atoms with Gasteiger partial charge < -0.3 is 19.6 Å². The number of methoxy groups -OCH3 is 2. The summed E-state index contributed by atoms with van der Waals surface area (Å²) in [5.74, 6) is 2.28. The van der Waals surface area contributed by atoms with E-state index in [2.05, 4.69) is 29.8 Å². The van der Waals surface area contributed by atoms with E-state index in [4.69, 9.17) is 19.6 Å². The zero-order chi connectivity index (χ0) is 25.1. The average Bonchev–Trinajstić information content (AvgIpc) is 3.38. The Bertz CT molecular complexity index is 1210. The van der Waals surface area contributed by atoms with Crippen LogP contribution in [0.1, 0.15) is 5.76 Å². The molecule has 0 amide bonds. The number of sulfonamides is 1. The van der Waals surface area contributed by atoms with Gasteiger partial charge >= 0.3 is 0 Å². The van der Waals surface area contributed by atoms with E-state index in [1.165, 1.54) is 18.5 Å². The number of hydrogen-bond acceptors (Lipinski definition) is 8. The van der Waals surface area contributed by atoms with Gasteiger partial charge in [0.2, 0.25) is 21.8 Å². The molecule has 10 nitrogen and oxygen atoms in total. The SMILES string of the molecule is COc1cccc(OC)c1-n1c(-c2ccc(C)o2)nnc1N(CC[Si](C)(C)C)S(=O)(=O)CCN. The van der Waals surface area contributed by atoms with Crippen LogP contribution in [0.15, 0.2) is 34.7 Å². The minimum atomic E-state index is -3.79. The monoisotopic (exact) mass is 507 g/mol. The lowest BCUT2D eigenvalue weighted by Crippen LogP contribution is -2.40. The molecule has 2 aromatic heterocycles. The number of nitrogens with two attached hydrogens (primary N) is 1. The van der Waals surface area contributed by atoms with E-state index in [9.17, 15) is 8.42 Å². The van der Waals surface area contributed by atoms with Crippen LogP contribution in [-0.4, -0.2) is 64.3 Å². The Balaban J connectivity index is 2.34. The molecule has 2 heterocycles. The third kappa shape index (κ3) is 5.45. The quantitative estimate of drug-likeness (QED) is 0.392. The van der Waals surface area contributed by atoms with Crippen molar-refractivity contribution in [2.45, 2.75) is 32.6 Å². The zero-order valence-corrected chi connectivity index (χ0v) is 22.3. The average molecular weight is 508 g/mol. The second-order valence-corrected chi connectivity index (χ2v) is 16.7. The molecule has 0 aliphatic rings. The molecule has 34 heavy (non-hydrogen) atoms. The number of furan rings is 1. The molecule has 12 heteroatoms. The van der Waals surface area contributed by atoms with Gasteiger partial charge in [0.25, 0.3) is 0 Å². The molecule has 186 valence electrons. The summed E-state index contributed by atoms with van der Waals surface area (Å²) in [5, 5.41) is 8.69. The second kappa shape index (κ2) is 10.2. The van der Waals surface area contributed by atoms with E-state index in [0.29, 0.717) is 34.5 Å². The van der Waals surface area contributed by atoms with Crippen molar-refractivity contribution in [1.82, 2.24) is 14.8 Å². The fourth-order valence-electron chi connectivity index (χ4n) is 3.47. The molecule has 0 unspecified atom stereocenters. The van der Waals surface area contributed by atoms with Crippen molar-refractivity contribution < 1.29 is 22.3 Å². The van der Waals surface area contributed by atoms with Gasteiger partial charge in [-0.05, 0) is 37.2 Å². The van der Waals surface area contributed by atoms with Crippen LogP contribution < -0.4 is 19.5 Å². The smallest absolute Gasteiger partial charge is 0.246 e.